The van der Waals surface area contributed by atoms with E-state index in [1.54, 1.807) is 34.1 Å². The predicted octanol–water partition coefficient (Wildman–Crippen LogP) is 2.66. The molecule has 2 heterocycles. The van der Waals surface area contributed by atoms with Crippen LogP contribution in [0.4, 0.5) is 0 Å². The van der Waals surface area contributed by atoms with Gasteiger partial charge in [-0.05, 0) is 39.3 Å². The molecule has 1 unspecified atom stereocenters. The van der Waals surface area contributed by atoms with Crippen molar-refractivity contribution >= 4 is 29.3 Å². The van der Waals surface area contributed by atoms with Gasteiger partial charge in [-0.15, -0.1) is 0 Å². The molecule has 1 aromatic rings. The lowest BCUT2D eigenvalue weighted by Gasteiger charge is -2.32. The molecule has 0 aromatic heterocycles. The molecule has 152 valence electrons. The van der Waals surface area contributed by atoms with Crippen LogP contribution in [0, 0.1) is 5.92 Å². The number of likely N-dealkylation sites (tertiary alicyclic amines) is 1. The summed E-state index contributed by atoms with van der Waals surface area (Å²) in [6, 6.07) is 7.03. The quantitative estimate of drug-likeness (QED) is 0.760. The van der Waals surface area contributed by atoms with E-state index in [1.165, 1.54) is 0 Å². The summed E-state index contributed by atoms with van der Waals surface area (Å²) in [5.74, 6) is -0.337. The summed E-state index contributed by atoms with van der Waals surface area (Å²) in [4.78, 5) is 43.5. The fourth-order valence-electron chi connectivity index (χ4n) is 3.93. The summed E-state index contributed by atoms with van der Waals surface area (Å²) < 4.78 is 0. The zero-order valence-corrected chi connectivity index (χ0v) is 17.5. The Morgan fingerprint density at radius 3 is 2.32 bits per heavy atom. The first-order chi connectivity index (χ1) is 13.2. The molecule has 3 rings (SSSR count). The topological polar surface area (TPSA) is 60.9 Å². The van der Waals surface area contributed by atoms with Gasteiger partial charge in [-0.1, -0.05) is 23.7 Å². The van der Waals surface area contributed by atoms with Crippen molar-refractivity contribution in [3.05, 3.63) is 34.9 Å². The number of halogens is 1. The van der Waals surface area contributed by atoms with E-state index >= 15 is 0 Å². The average molecular weight is 406 g/mol. The highest BCUT2D eigenvalue weighted by Crippen LogP contribution is 2.27. The van der Waals surface area contributed by atoms with E-state index in [-0.39, 0.29) is 35.6 Å². The number of hydrogen-bond donors (Lipinski definition) is 0. The van der Waals surface area contributed by atoms with Crippen LogP contribution < -0.4 is 0 Å². The Balaban J connectivity index is 1.62. The summed E-state index contributed by atoms with van der Waals surface area (Å²) >= 11 is 6.16. The number of carbonyl (C=O) groups is 3. The van der Waals surface area contributed by atoms with E-state index in [0.717, 1.165) is 0 Å². The van der Waals surface area contributed by atoms with Crippen LogP contribution in [0.25, 0.3) is 0 Å². The minimum Gasteiger partial charge on any atom is -0.341 e. The summed E-state index contributed by atoms with van der Waals surface area (Å²) in [5, 5.41) is 0.441. The minimum atomic E-state index is -0.294. The third-order valence-corrected chi connectivity index (χ3v) is 5.81. The van der Waals surface area contributed by atoms with Crippen LogP contribution >= 0.6 is 11.6 Å². The van der Waals surface area contributed by atoms with Gasteiger partial charge >= 0.3 is 0 Å². The fourth-order valence-corrected chi connectivity index (χ4v) is 4.14. The lowest BCUT2D eigenvalue weighted by Crippen LogP contribution is -2.44. The summed E-state index contributed by atoms with van der Waals surface area (Å²) in [6.45, 7) is 8.58. The highest BCUT2D eigenvalue weighted by atomic mass is 35.5. The summed E-state index contributed by atoms with van der Waals surface area (Å²) in [7, 11) is 0. The van der Waals surface area contributed by atoms with Gasteiger partial charge < -0.3 is 14.7 Å². The van der Waals surface area contributed by atoms with Gasteiger partial charge in [0.25, 0.3) is 5.91 Å². The van der Waals surface area contributed by atoms with Crippen molar-refractivity contribution in [1.29, 1.82) is 0 Å². The van der Waals surface area contributed by atoms with Crippen LogP contribution in [0.5, 0.6) is 0 Å². The van der Waals surface area contributed by atoms with Gasteiger partial charge in [0, 0.05) is 44.7 Å². The molecule has 1 aromatic carbocycles. The molecule has 2 fully saturated rings. The van der Waals surface area contributed by atoms with E-state index in [2.05, 4.69) is 0 Å². The molecule has 28 heavy (non-hydrogen) atoms. The average Bonchev–Trinajstić information content (AvgIpc) is 2.88. The molecule has 2 saturated heterocycles. The number of rotatable bonds is 2. The van der Waals surface area contributed by atoms with Gasteiger partial charge in [0.1, 0.15) is 0 Å². The van der Waals surface area contributed by atoms with E-state index in [1.807, 2.05) is 25.7 Å². The molecule has 0 N–H and O–H groups in total. The van der Waals surface area contributed by atoms with Crippen molar-refractivity contribution in [3.63, 3.8) is 0 Å². The lowest BCUT2D eigenvalue weighted by molar-refractivity contribution is -0.135. The van der Waals surface area contributed by atoms with Crippen LogP contribution in [0.1, 0.15) is 44.0 Å². The highest BCUT2D eigenvalue weighted by molar-refractivity contribution is 6.33. The molecule has 0 bridgehead atoms. The molecule has 2 aliphatic rings. The molecule has 0 aliphatic carbocycles. The molecule has 0 radical (unpaired) electrons. The van der Waals surface area contributed by atoms with Crippen LogP contribution in [0.15, 0.2) is 24.3 Å². The van der Waals surface area contributed by atoms with Crippen molar-refractivity contribution in [3.8, 4) is 0 Å². The van der Waals surface area contributed by atoms with Gasteiger partial charge in [0.05, 0.1) is 16.5 Å². The van der Waals surface area contributed by atoms with Gasteiger partial charge in [-0.25, -0.2) is 0 Å². The predicted molar refractivity (Wildman–Crippen MR) is 108 cm³/mol. The SMILES string of the molecule is CC(C)(C)N1CC(C(=O)N2CCCN(C(=O)c3ccccc3Cl)CC2)CC1=O. The first-order valence-electron chi connectivity index (χ1n) is 9.81. The number of amides is 3. The Bertz CT molecular complexity index is 774. The summed E-state index contributed by atoms with van der Waals surface area (Å²) in [5.41, 5.74) is 0.217. The monoisotopic (exact) mass is 405 g/mol. The van der Waals surface area contributed by atoms with Gasteiger partial charge in [0.15, 0.2) is 0 Å². The Morgan fingerprint density at radius 2 is 1.68 bits per heavy atom. The number of benzene rings is 1. The molecule has 1 atom stereocenters. The second-order valence-corrected chi connectivity index (χ2v) is 8.93. The maximum absolute atomic E-state index is 13.0. The largest absolute Gasteiger partial charge is 0.341 e. The van der Waals surface area contributed by atoms with E-state index in [9.17, 15) is 14.4 Å². The lowest BCUT2D eigenvalue weighted by atomic mass is 10.1. The normalized spacial score (nSPS) is 21.1. The maximum Gasteiger partial charge on any atom is 0.255 e. The third kappa shape index (κ3) is 4.32. The molecular formula is C21H28ClN3O3. The van der Waals surface area contributed by atoms with E-state index in [4.69, 9.17) is 11.6 Å². The molecule has 6 nitrogen and oxygen atoms in total. The van der Waals surface area contributed by atoms with Crippen molar-refractivity contribution in [2.75, 3.05) is 32.7 Å². The second-order valence-electron chi connectivity index (χ2n) is 8.53. The number of hydrogen-bond acceptors (Lipinski definition) is 3. The van der Waals surface area contributed by atoms with Crippen LogP contribution in [-0.2, 0) is 9.59 Å². The Hall–Kier alpha value is -2.08. The first-order valence-corrected chi connectivity index (χ1v) is 10.2. The Morgan fingerprint density at radius 1 is 1.04 bits per heavy atom. The molecule has 2 aliphatic heterocycles. The van der Waals surface area contributed by atoms with Crippen LogP contribution in [-0.4, -0.2) is 70.7 Å². The van der Waals surface area contributed by atoms with E-state index < -0.39 is 0 Å². The van der Waals surface area contributed by atoms with Crippen molar-refractivity contribution < 1.29 is 14.4 Å². The smallest absolute Gasteiger partial charge is 0.255 e. The maximum atomic E-state index is 13.0. The standard InChI is InChI=1S/C21H28ClN3O3/c1-21(2,3)25-14-15(13-18(25)26)19(27)23-9-6-10-24(12-11-23)20(28)16-7-4-5-8-17(16)22/h4-5,7-8,15H,6,9-14H2,1-3H3. The zero-order chi connectivity index (χ0) is 20.5. The van der Waals surface area contributed by atoms with Crippen molar-refractivity contribution in [2.45, 2.75) is 39.2 Å². The van der Waals surface area contributed by atoms with E-state index in [0.29, 0.717) is 49.7 Å². The van der Waals surface area contributed by atoms with Gasteiger partial charge in [-0.3, -0.25) is 14.4 Å². The second kappa shape index (κ2) is 8.11. The number of carbonyl (C=O) groups excluding carboxylic acids is 3. The highest BCUT2D eigenvalue weighted by Gasteiger charge is 2.41. The zero-order valence-electron chi connectivity index (χ0n) is 16.8. The van der Waals surface area contributed by atoms with Crippen molar-refractivity contribution in [1.82, 2.24) is 14.7 Å². The molecule has 3 amide bonds. The Labute approximate surface area is 171 Å². The Kier molecular flexibility index (Phi) is 5.98. The number of nitrogens with zero attached hydrogens (tertiary/aromatic N) is 3. The first kappa shape index (κ1) is 20.6. The molecule has 7 heteroatoms. The summed E-state index contributed by atoms with van der Waals surface area (Å²) in [6.07, 6.45) is 0.987. The van der Waals surface area contributed by atoms with Gasteiger partial charge in [-0.2, -0.15) is 0 Å². The molecule has 0 spiro atoms. The fraction of sp³-hybridized carbons (Fsp3) is 0.571. The van der Waals surface area contributed by atoms with Crippen LogP contribution in [0.3, 0.4) is 0 Å². The van der Waals surface area contributed by atoms with Crippen molar-refractivity contribution in [2.24, 2.45) is 5.92 Å². The van der Waals surface area contributed by atoms with Crippen LogP contribution in [0.2, 0.25) is 5.02 Å². The molecule has 0 saturated carbocycles. The minimum absolute atomic E-state index is 0.0205. The molecular weight excluding hydrogens is 378 g/mol. The van der Waals surface area contributed by atoms with Gasteiger partial charge in [0.2, 0.25) is 11.8 Å². The third-order valence-electron chi connectivity index (χ3n) is 5.48.